The van der Waals surface area contributed by atoms with Gasteiger partial charge in [0.05, 0.1) is 11.2 Å². The summed E-state index contributed by atoms with van der Waals surface area (Å²) in [4.78, 5) is 0. The maximum absolute atomic E-state index is 14.3. The van der Waals surface area contributed by atoms with Crippen LogP contribution in [-0.2, 0) is 15.9 Å². The maximum Gasteiger partial charge on any atom is 0.497 e. The molecule has 2 aromatic carbocycles. The van der Waals surface area contributed by atoms with Crippen molar-refractivity contribution in [3.63, 3.8) is 0 Å². The Morgan fingerprint density at radius 1 is 0.885 bits per heavy atom. The summed E-state index contributed by atoms with van der Waals surface area (Å²) in [5.41, 5.74) is -0.314. The van der Waals surface area contributed by atoms with Crippen LogP contribution in [0.4, 0.5) is 13.2 Å². The van der Waals surface area contributed by atoms with E-state index in [2.05, 4.69) is 0 Å². The molecule has 0 unspecified atom stereocenters. The van der Waals surface area contributed by atoms with Crippen molar-refractivity contribution in [3.05, 3.63) is 59.4 Å². The molecule has 26 heavy (non-hydrogen) atoms. The molecule has 7 heteroatoms. The van der Waals surface area contributed by atoms with Gasteiger partial charge in [-0.05, 0) is 51.5 Å². The van der Waals surface area contributed by atoms with Crippen molar-refractivity contribution in [2.75, 3.05) is 0 Å². The number of hydrogen-bond donors (Lipinski definition) is 0. The average molecular weight is 364 g/mol. The summed E-state index contributed by atoms with van der Waals surface area (Å²) in [6, 6.07) is 7.46. The van der Waals surface area contributed by atoms with Gasteiger partial charge in [0.1, 0.15) is 18.2 Å². The van der Waals surface area contributed by atoms with Gasteiger partial charge in [-0.2, -0.15) is 0 Å². The van der Waals surface area contributed by atoms with E-state index in [4.69, 9.17) is 14.0 Å². The first-order valence-electron chi connectivity index (χ1n) is 8.31. The van der Waals surface area contributed by atoms with Crippen LogP contribution in [0.3, 0.4) is 0 Å². The van der Waals surface area contributed by atoms with Crippen LogP contribution >= 0.6 is 0 Å². The van der Waals surface area contributed by atoms with Gasteiger partial charge in [-0.15, -0.1) is 0 Å². The first kappa shape index (κ1) is 18.8. The van der Waals surface area contributed by atoms with Crippen LogP contribution in [0, 0.1) is 17.5 Å². The summed E-state index contributed by atoms with van der Waals surface area (Å²) in [5.74, 6) is -2.01. The smallest absolute Gasteiger partial charge is 0.486 e. The molecule has 0 atom stereocenters. The van der Waals surface area contributed by atoms with Gasteiger partial charge >= 0.3 is 7.12 Å². The highest BCUT2D eigenvalue weighted by atomic mass is 19.1. The second kappa shape index (κ2) is 6.63. The first-order chi connectivity index (χ1) is 12.1. The van der Waals surface area contributed by atoms with Crippen molar-refractivity contribution >= 4 is 12.6 Å². The van der Waals surface area contributed by atoms with Crippen molar-refractivity contribution in [1.29, 1.82) is 0 Å². The second-order valence-electron chi connectivity index (χ2n) is 7.31. The highest BCUT2D eigenvalue weighted by molar-refractivity contribution is 6.62. The largest absolute Gasteiger partial charge is 0.497 e. The van der Waals surface area contributed by atoms with E-state index in [1.54, 1.807) is 6.07 Å². The Bertz CT molecular complexity index is 808. The fourth-order valence-electron chi connectivity index (χ4n) is 2.59. The third kappa shape index (κ3) is 3.59. The molecule has 1 fully saturated rings. The average Bonchev–Trinajstić information content (AvgIpc) is 2.75. The van der Waals surface area contributed by atoms with E-state index >= 15 is 0 Å². The van der Waals surface area contributed by atoms with E-state index in [9.17, 15) is 13.2 Å². The number of rotatable bonds is 4. The Morgan fingerprint density at radius 2 is 1.54 bits per heavy atom. The van der Waals surface area contributed by atoms with Gasteiger partial charge in [-0.3, -0.25) is 0 Å². The molecule has 1 saturated heterocycles. The molecule has 0 spiro atoms. The van der Waals surface area contributed by atoms with E-state index in [1.807, 2.05) is 27.7 Å². The first-order valence-corrected chi connectivity index (χ1v) is 8.31. The fraction of sp³-hybridized carbons (Fsp3) is 0.368. The van der Waals surface area contributed by atoms with Gasteiger partial charge in [0.2, 0.25) is 0 Å². The quantitative estimate of drug-likeness (QED) is 0.769. The molecule has 1 aliphatic rings. The molecule has 2 aromatic rings. The monoisotopic (exact) mass is 364 g/mol. The molecule has 0 amide bonds. The standard InChI is InChI=1S/C19H20BF3O3/c1-18(2)19(3,4)26-20(25-18)14-9-12(5-7-15(14)22)11-24-17-8-6-13(21)10-16(17)23/h5-10H,11H2,1-4H3. The summed E-state index contributed by atoms with van der Waals surface area (Å²) >= 11 is 0. The van der Waals surface area contributed by atoms with Crippen molar-refractivity contribution < 1.29 is 27.2 Å². The van der Waals surface area contributed by atoms with Crippen molar-refractivity contribution in [2.45, 2.75) is 45.5 Å². The van der Waals surface area contributed by atoms with Crippen LogP contribution in [0.1, 0.15) is 33.3 Å². The zero-order chi connectivity index (χ0) is 19.1. The van der Waals surface area contributed by atoms with Crippen LogP contribution in [0.25, 0.3) is 0 Å². The number of hydrogen-bond acceptors (Lipinski definition) is 3. The molecule has 1 heterocycles. The van der Waals surface area contributed by atoms with Crippen LogP contribution in [0.15, 0.2) is 36.4 Å². The minimum absolute atomic E-state index is 0.00462. The van der Waals surface area contributed by atoms with Gasteiger partial charge in [0.15, 0.2) is 11.6 Å². The minimum Gasteiger partial charge on any atom is -0.486 e. The Hall–Kier alpha value is -1.99. The molecule has 0 saturated carbocycles. The third-order valence-corrected chi connectivity index (χ3v) is 4.86. The maximum atomic E-state index is 14.3. The number of ether oxygens (including phenoxy) is 1. The Labute approximate surface area is 151 Å². The summed E-state index contributed by atoms with van der Waals surface area (Å²) in [7, 11) is -0.845. The van der Waals surface area contributed by atoms with Crippen LogP contribution < -0.4 is 10.2 Å². The predicted octanol–water partition coefficient (Wildman–Crippen LogP) is 3.98. The molecular formula is C19H20BF3O3. The van der Waals surface area contributed by atoms with E-state index in [1.165, 1.54) is 18.2 Å². The normalized spacial score (nSPS) is 18.2. The van der Waals surface area contributed by atoms with E-state index in [0.29, 0.717) is 5.56 Å². The summed E-state index contributed by atoms with van der Waals surface area (Å²) in [5, 5.41) is 0. The van der Waals surface area contributed by atoms with Crippen LogP contribution in [0.2, 0.25) is 0 Å². The van der Waals surface area contributed by atoms with Crippen molar-refractivity contribution in [1.82, 2.24) is 0 Å². The lowest BCUT2D eigenvalue weighted by Gasteiger charge is -2.32. The highest BCUT2D eigenvalue weighted by Gasteiger charge is 2.52. The van der Waals surface area contributed by atoms with Gasteiger partial charge in [-0.1, -0.05) is 12.1 Å². The summed E-state index contributed by atoms with van der Waals surface area (Å²) < 4.78 is 58.0. The van der Waals surface area contributed by atoms with E-state index in [-0.39, 0.29) is 17.8 Å². The van der Waals surface area contributed by atoms with Crippen LogP contribution in [0.5, 0.6) is 5.75 Å². The zero-order valence-electron chi connectivity index (χ0n) is 15.1. The molecule has 138 valence electrons. The van der Waals surface area contributed by atoms with E-state index in [0.717, 1.165) is 12.1 Å². The molecule has 1 aliphatic heterocycles. The predicted molar refractivity (Wildman–Crippen MR) is 92.8 cm³/mol. The molecule has 3 rings (SSSR count). The fourth-order valence-corrected chi connectivity index (χ4v) is 2.59. The van der Waals surface area contributed by atoms with E-state index < -0.39 is 35.8 Å². The van der Waals surface area contributed by atoms with Crippen molar-refractivity contribution in [3.8, 4) is 5.75 Å². The minimum atomic E-state index is -0.845. The molecular weight excluding hydrogens is 344 g/mol. The molecule has 3 nitrogen and oxygen atoms in total. The molecule has 0 aromatic heterocycles. The molecule has 0 bridgehead atoms. The number of halogens is 3. The lowest BCUT2D eigenvalue weighted by molar-refractivity contribution is 0.00578. The third-order valence-electron chi connectivity index (χ3n) is 4.86. The Morgan fingerprint density at radius 3 is 2.15 bits per heavy atom. The highest BCUT2D eigenvalue weighted by Crippen LogP contribution is 2.36. The van der Waals surface area contributed by atoms with Crippen molar-refractivity contribution in [2.24, 2.45) is 0 Å². The molecule has 0 aliphatic carbocycles. The lowest BCUT2D eigenvalue weighted by Crippen LogP contribution is -2.41. The molecule has 0 radical (unpaired) electrons. The SMILES string of the molecule is CC1(C)OB(c2cc(COc3ccc(F)cc3F)ccc2F)OC1(C)C. The number of benzene rings is 2. The van der Waals surface area contributed by atoms with Gasteiger partial charge in [0.25, 0.3) is 0 Å². The Balaban J connectivity index is 1.78. The van der Waals surface area contributed by atoms with Gasteiger partial charge in [-0.25, -0.2) is 13.2 Å². The van der Waals surface area contributed by atoms with Gasteiger partial charge in [0, 0.05) is 11.5 Å². The summed E-state index contributed by atoms with van der Waals surface area (Å²) in [6.07, 6.45) is 0. The topological polar surface area (TPSA) is 27.7 Å². The zero-order valence-corrected chi connectivity index (χ0v) is 15.1. The molecule has 0 N–H and O–H groups in total. The Kier molecular flexibility index (Phi) is 4.79. The summed E-state index contributed by atoms with van der Waals surface area (Å²) in [6.45, 7) is 7.53. The second-order valence-corrected chi connectivity index (χ2v) is 7.31. The van der Waals surface area contributed by atoms with Gasteiger partial charge < -0.3 is 14.0 Å². The van der Waals surface area contributed by atoms with Crippen LogP contribution in [-0.4, -0.2) is 18.3 Å². The lowest BCUT2D eigenvalue weighted by atomic mass is 9.78.